The van der Waals surface area contributed by atoms with Gasteiger partial charge in [-0.1, -0.05) is 23.8 Å². The number of nitrogens with zero attached hydrogens (tertiary/aromatic N) is 2. The van der Waals surface area contributed by atoms with Crippen molar-refractivity contribution in [2.45, 2.75) is 19.5 Å². The van der Waals surface area contributed by atoms with Gasteiger partial charge in [0.25, 0.3) is 0 Å². The first-order chi connectivity index (χ1) is 8.56. The maximum atomic E-state index is 5.94. The molecule has 100 valence electrons. The molecule has 1 aromatic heterocycles. The van der Waals surface area contributed by atoms with Gasteiger partial charge in [0.05, 0.1) is 15.4 Å². The molecule has 0 amide bonds. The predicted octanol–water partition coefficient (Wildman–Crippen LogP) is 2.19. The SMILES string of the molecule is CC(C(N)=S)N1CCN(Cc2ccc(Cl)s2)CC1. The van der Waals surface area contributed by atoms with E-state index in [9.17, 15) is 0 Å². The summed E-state index contributed by atoms with van der Waals surface area (Å²) in [6.07, 6.45) is 0. The van der Waals surface area contributed by atoms with Crippen LogP contribution in [0.1, 0.15) is 11.8 Å². The summed E-state index contributed by atoms with van der Waals surface area (Å²) in [5, 5.41) is 0. The van der Waals surface area contributed by atoms with Crippen LogP contribution < -0.4 is 5.73 Å². The molecule has 0 aliphatic carbocycles. The summed E-state index contributed by atoms with van der Waals surface area (Å²) in [7, 11) is 0. The number of thiocarbonyl (C=S) groups is 1. The third-order valence-corrected chi connectivity index (χ3v) is 4.93. The Morgan fingerprint density at radius 1 is 1.44 bits per heavy atom. The minimum Gasteiger partial charge on any atom is -0.392 e. The number of nitrogens with two attached hydrogens (primary N) is 1. The standard InChI is InChI=1S/C12H18ClN3S2/c1-9(12(14)17)16-6-4-15(5-7-16)8-10-2-3-11(13)18-10/h2-3,9H,4-8H2,1H3,(H2,14,17). The molecule has 1 fully saturated rings. The van der Waals surface area contributed by atoms with Crippen LogP contribution in [0.4, 0.5) is 0 Å². The molecule has 0 bridgehead atoms. The van der Waals surface area contributed by atoms with Crippen molar-refractivity contribution >= 4 is 40.1 Å². The Morgan fingerprint density at radius 2 is 2.11 bits per heavy atom. The lowest BCUT2D eigenvalue weighted by Gasteiger charge is -2.37. The molecule has 1 aliphatic rings. The quantitative estimate of drug-likeness (QED) is 0.864. The van der Waals surface area contributed by atoms with Gasteiger partial charge in [-0.3, -0.25) is 9.80 Å². The highest BCUT2D eigenvalue weighted by Gasteiger charge is 2.22. The monoisotopic (exact) mass is 303 g/mol. The first-order valence-electron chi connectivity index (χ1n) is 6.06. The predicted molar refractivity (Wildman–Crippen MR) is 82.4 cm³/mol. The van der Waals surface area contributed by atoms with Crippen molar-refractivity contribution in [3.8, 4) is 0 Å². The average molecular weight is 304 g/mol. The average Bonchev–Trinajstić information content (AvgIpc) is 2.75. The number of piperazine rings is 1. The van der Waals surface area contributed by atoms with E-state index in [1.165, 1.54) is 4.88 Å². The van der Waals surface area contributed by atoms with Crippen molar-refractivity contribution < 1.29 is 0 Å². The van der Waals surface area contributed by atoms with Gasteiger partial charge in [0, 0.05) is 37.6 Å². The van der Waals surface area contributed by atoms with E-state index in [1.54, 1.807) is 11.3 Å². The lowest BCUT2D eigenvalue weighted by Crippen LogP contribution is -2.52. The Bertz CT molecular complexity index is 413. The Balaban J connectivity index is 1.81. The Kier molecular flexibility index (Phi) is 4.98. The highest BCUT2D eigenvalue weighted by Crippen LogP contribution is 2.23. The molecule has 1 aliphatic heterocycles. The molecule has 1 saturated heterocycles. The molecule has 0 spiro atoms. The smallest absolute Gasteiger partial charge is 0.0931 e. The van der Waals surface area contributed by atoms with Crippen LogP contribution in [0.15, 0.2) is 12.1 Å². The third kappa shape index (κ3) is 3.65. The molecule has 2 rings (SSSR count). The van der Waals surface area contributed by atoms with Gasteiger partial charge >= 0.3 is 0 Å². The molecule has 1 atom stereocenters. The first-order valence-corrected chi connectivity index (χ1v) is 7.66. The summed E-state index contributed by atoms with van der Waals surface area (Å²) in [6.45, 7) is 7.24. The number of rotatable bonds is 4. The van der Waals surface area contributed by atoms with Crippen molar-refractivity contribution in [2.75, 3.05) is 26.2 Å². The summed E-state index contributed by atoms with van der Waals surface area (Å²) >= 11 is 12.6. The Hall–Kier alpha value is -0.200. The van der Waals surface area contributed by atoms with Crippen molar-refractivity contribution in [1.82, 2.24) is 9.80 Å². The number of halogens is 1. The fraction of sp³-hybridized carbons (Fsp3) is 0.583. The van der Waals surface area contributed by atoms with Gasteiger partial charge in [-0.15, -0.1) is 11.3 Å². The summed E-state index contributed by atoms with van der Waals surface area (Å²) in [5.74, 6) is 0. The number of thiophene rings is 1. The second-order valence-corrected chi connectivity index (χ2v) is 6.87. The summed E-state index contributed by atoms with van der Waals surface area (Å²) in [5.41, 5.74) is 5.69. The Morgan fingerprint density at radius 3 is 2.61 bits per heavy atom. The third-order valence-electron chi connectivity index (χ3n) is 3.37. The van der Waals surface area contributed by atoms with Crippen LogP contribution in [0.5, 0.6) is 0 Å². The fourth-order valence-electron chi connectivity index (χ4n) is 2.15. The second-order valence-electron chi connectivity index (χ2n) is 4.60. The van der Waals surface area contributed by atoms with Gasteiger partial charge in [0.1, 0.15) is 0 Å². The molecule has 0 saturated carbocycles. The summed E-state index contributed by atoms with van der Waals surface area (Å²) < 4.78 is 0.866. The number of hydrogen-bond donors (Lipinski definition) is 1. The zero-order chi connectivity index (χ0) is 13.1. The summed E-state index contributed by atoms with van der Waals surface area (Å²) in [4.78, 5) is 6.72. The molecular formula is C12H18ClN3S2. The topological polar surface area (TPSA) is 32.5 Å². The number of hydrogen-bond acceptors (Lipinski definition) is 4. The first kappa shape index (κ1) is 14.2. The van der Waals surface area contributed by atoms with Crippen LogP contribution in [0.2, 0.25) is 4.34 Å². The molecule has 1 aromatic rings. The van der Waals surface area contributed by atoms with Crippen molar-refractivity contribution in [3.05, 3.63) is 21.3 Å². The van der Waals surface area contributed by atoms with Gasteiger partial charge in [-0.25, -0.2) is 0 Å². The maximum Gasteiger partial charge on any atom is 0.0931 e. The van der Waals surface area contributed by atoms with E-state index in [0.29, 0.717) is 4.99 Å². The fourth-order valence-corrected chi connectivity index (χ4v) is 3.42. The van der Waals surface area contributed by atoms with Crippen molar-refractivity contribution in [2.24, 2.45) is 5.73 Å². The van der Waals surface area contributed by atoms with Gasteiger partial charge in [0.2, 0.25) is 0 Å². The minimum absolute atomic E-state index is 0.207. The van der Waals surface area contributed by atoms with Crippen molar-refractivity contribution in [3.63, 3.8) is 0 Å². The van der Waals surface area contributed by atoms with Gasteiger partial charge in [-0.05, 0) is 19.1 Å². The van der Waals surface area contributed by atoms with E-state index < -0.39 is 0 Å². The van der Waals surface area contributed by atoms with Gasteiger partial charge in [0.15, 0.2) is 0 Å². The van der Waals surface area contributed by atoms with Crippen LogP contribution in [0.3, 0.4) is 0 Å². The summed E-state index contributed by atoms with van der Waals surface area (Å²) in [6, 6.07) is 4.28. The van der Waals surface area contributed by atoms with E-state index >= 15 is 0 Å². The van der Waals surface area contributed by atoms with Crippen LogP contribution in [-0.4, -0.2) is 47.0 Å². The lowest BCUT2D eigenvalue weighted by molar-refractivity contribution is 0.118. The van der Waals surface area contributed by atoms with E-state index in [2.05, 4.69) is 22.8 Å². The van der Waals surface area contributed by atoms with Gasteiger partial charge < -0.3 is 5.73 Å². The van der Waals surface area contributed by atoms with Crippen LogP contribution in [-0.2, 0) is 6.54 Å². The molecular weight excluding hydrogens is 286 g/mol. The molecule has 0 radical (unpaired) electrons. The molecule has 2 heterocycles. The zero-order valence-electron chi connectivity index (χ0n) is 10.4. The van der Waals surface area contributed by atoms with Crippen molar-refractivity contribution in [1.29, 1.82) is 0 Å². The van der Waals surface area contributed by atoms with E-state index in [0.717, 1.165) is 37.1 Å². The van der Waals surface area contributed by atoms with Crippen LogP contribution in [0.25, 0.3) is 0 Å². The lowest BCUT2D eigenvalue weighted by atomic mass is 10.2. The largest absolute Gasteiger partial charge is 0.392 e. The van der Waals surface area contributed by atoms with E-state index in [1.807, 2.05) is 6.07 Å². The second kappa shape index (κ2) is 6.30. The van der Waals surface area contributed by atoms with Crippen LogP contribution in [0, 0.1) is 0 Å². The molecule has 0 aromatic carbocycles. The Labute approximate surface area is 123 Å². The zero-order valence-corrected chi connectivity index (χ0v) is 12.8. The molecule has 3 nitrogen and oxygen atoms in total. The molecule has 1 unspecified atom stereocenters. The molecule has 18 heavy (non-hydrogen) atoms. The van der Waals surface area contributed by atoms with Crippen LogP contribution >= 0.6 is 35.2 Å². The maximum absolute atomic E-state index is 5.94. The normalized spacial score (nSPS) is 19.9. The highest BCUT2D eigenvalue weighted by atomic mass is 35.5. The highest BCUT2D eigenvalue weighted by molar-refractivity contribution is 7.80. The minimum atomic E-state index is 0.207. The van der Waals surface area contributed by atoms with E-state index in [4.69, 9.17) is 29.6 Å². The molecule has 2 N–H and O–H groups in total. The van der Waals surface area contributed by atoms with Gasteiger partial charge in [-0.2, -0.15) is 0 Å². The molecule has 6 heteroatoms. The van der Waals surface area contributed by atoms with E-state index in [-0.39, 0.29) is 6.04 Å².